The van der Waals surface area contributed by atoms with Crippen molar-refractivity contribution in [2.75, 3.05) is 19.8 Å². The van der Waals surface area contributed by atoms with Crippen LogP contribution < -0.4 is 20.1 Å². The van der Waals surface area contributed by atoms with Crippen LogP contribution >= 0.6 is 0 Å². The van der Waals surface area contributed by atoms with Crippen LogP contribution in [-0.4, -0.2) is 36.7 Å². The number of fused-ring (bicyclic) bond motifs is 1. The molecule has 0 radical (unpaired) electrons. The molecule has 2 aromatic carbocycles. The lowest BCUT2D eigenvalue weighted by atomic mass is 10.0. The average molecular weight is 433 g/mol. The first-order valence-corrected chi connectivity index (χ1v) is 10.7. The maximum Gasteiger partial charge on any atom is 0.273 e. The van der Waals surface area contributed by atoms with Gasteiger partial charge in [0.15, 0.2) is 23.0 Å². The molecule has 2 aliphatic rings. The molecular weight excluding hydrogens is 410 g/mol. The second-order valence-corrected chi connectivity index (χ2v) is 7.91. The van der Waals surface area contributed by atoms with Crippen molar-refractivity contribution in [3.05, 3.63) is 65.9 Å². The van der Waals surface area contributed by atoms with E-state index in [-0.39, 0.29) is 24.2 Å². The van der Waals surface area contributed by atoms with Crippen molar-refractivity contribution >= 4 is 11.8 Å². The highest BCUT2D eigenvalue weighted by atomic mass is 16.6. The first-order valence-electron chi connectivity index (χ1n) is 10.7. The molecule has 1 unspecified atom stereocenters. The summed E-state index contributed by atoms with van der Waals surface area (Å²) >= 11 is 0. The van der Waals surface area contributed by atoms with Gasteiger partial charge in [0.25, 0.3) is 5.91 Å². The minimum Gasteiger partial charge on any atom is -0.486 e. The molecule has 32 heavy (non-hydrogen) atoms. The lowest BCUT2D eigenvalue weighted by Gasteiger charge is -2.23. The molecule has 0 bridgehead atoms. The summed E-state index contributed by atoms with van der Waals surface area (Å²) in [6, 6.07) is 16.6. The molecule has 1 saturated carbocycles. The van der Waals surface area contributed by atoms with Gasteiger partial charge in [0.05, 0.1) is 12.6 Å². The number of nitrogens with zero attached hydrogens (tertiary/aromatic N) is 1. The Morgan fingerprint density at radius 2 is 1.78 bits per heavy atom. The molecule has 2 heterocycles. The summed E-state index contributed by atoms with van der Waals surface area (Å²) in [5.41, 5.74) is 1.92. The fourth-order valence-electron chi connectivity index (χ4n) is 3.75. The van der Waals surface area contributed by atoms with E-state index in [1.165, 1.54) is 0 Å². The molecule has 1 atom stereocenters. The van der Waals surface area contributed by atoms with Gasteiger partial charge in [-0.05, 0) is 36.5 Å². The lowest BCUT2D eigenvalue weighted by Crippen LogP contribution is -2.39. The molecular formula is C24H23N3O5. The Kier molecular flexibility index (Phi) is 5.49. The molecule has 164 valence electrons. The minimum atomic E-state index is -0.464. The first-order chi connectivity index (χ1) is 15.7. The molecule has 1 fully saturated rings. The fraction of sp³-hybridized carbons (Fsp3) is 0.292. The van der Waals surface area contributed by atoms with Gasteiger partial charge >= 0.3 is 0 Å². The van der Waals surface area contributed by atoms with Gasteiger partial charge in [0, 0.05) is 11.6 Å². The molecule has 2 N–H and O–H groups in total. The quantitative estimate of drug-likeness (QED) is 0.594. The Morgan fingerprint density at radius 1 is 1.00 bits per heavy atom. The Labute approximate surface area is 184 Å². The number of carbonyl (C=O) groups excluding carboxylic acids is 2. The number of rotatable bonds is 7. The van der Waals surface area contributed by atoms with E-state index < -0.39 is 5.91 Å². The van der Waals surface area contributed by atoms with Gasteiger partial charge in [-0.15, -0.1) is 0 Å². The molecule has 1 aliphatic carbocycles. The van der Waals surface area contributed by atoms with Crippen molar-refractivity contribution in [3.8, 4) is 22.8 Å². The maximum absolute atomic E-state index is 12.6. The summed E-state index contributed by atoms with van der Waals surface area (Å²) in [6.07, 6.45) is 2.10. The summed E-state index contributed by atoms with van der Waals surface area (Å²) in [7, 11) is 0. The van der Waals surface area contributed by atoms with Crippen molar-refractivity contribution in [1.29, 1.82) is 0 Å². The predicted octanol–water partition coefficient (Wildman–Crippen LogP) is 3.11. The lowest BCUT2D eigenvalue weighted by molar-refractivity contribution is -0.121. The topological polar surface area (TPSA) is 103 Å². The molecule has 0 spiro atoms. The van der Waals surface area contributed by atoms with E-state index in [2.05, 4.69) is 15.8 Å². The van der Waals surface area contributed by atoms with Crippen LogP contribution in [0.4, 0.5) is 0 Å². The van der Waals surface area contributed by atoms with Gasteiger partial charge in [0.1, 0.15) is 13.2 Å². The van der Waals surface area contributed by atoms with Gasteiger partial charge in [-0.2, -0.15) is 0 Å². The van der Waals surface area contributed by atoms with Crippen molar-refractivity contribution in [2.45, 2.75) is 18.9 Å². The number of hydrogen-bond donors (Lipinski definition) is 2. The third kappa shape index (κ3) is 4.44. The van der Waals surface area contributed by atoms with Gasteiger partial charge in [0.2, 0.25) is 5.91 Å². The van der Waals surface area contributed by atoms with Crippen LogP contribution in [0.25, 0.3) is 11.3 Å². The minimum absolute atomic E-state index is 0.127. The van der Waals surface area contributed by atoms with E-state index in [9.17, 15) is 9.59 Å². The van der Waals surface area contributed by atoms with Crippen molar-refractivity contribution < 1.29 is 23.6 Å². The zero-order chi connectivity index (χ0) is 21.9. The van der Waals surface area contributed by atoms with Crippen molar-refractivity contribution in [2.24, 2.45) is 5.92 Å². The van der Waals surface area contributed by atoms with Crippen LogP contribution in [0.1, 0.15) is 34.9 Å². The zero-order valence-electron chi connectivity index (χ0n) is 17.4. The fourth-order valence-corrected chi connectivity index (χ4v) is 3.75. The van der Waals surface area contributed by atoms with Crippen LogP contribution in [0, 0.1) is 5.92 Å². The number of carbonyl (C=O) groups is 2. The Balaban J connectivity index is 1.19. The molecule has 2 amide bonds. The maximum atomic E-state index is 12.6. The molecule has 8 heteroatoms. The third-order valence-corrected chi connectivity index (χ3v) is 5.55. The van der Waals surface area contributed by atoms with Gasteiger partial charge in [-0.1, -0.05) is 41.6 Å². The number of aromatic nitrogens is 1. The number of ether oxygens (including phenoxy) is 2. The largest absolute Gasteiger partial charge is 0.486 e. The monoisotopic (exact) mass is 433 g/mol. The average Bonchev–Trinajstić information content (AvgIpc) is 3.56. The second-order valence-electron chi connectivity index (χ2n) is 7.91. The van der Waals surface area contributed by atoms with Crippen molar-refractivity contribution in [3.63, 3.8) is 0 Å². The number of amides is 2. The molecule has 8 nitrogen and oxygen atoms in total. The summed E-state index contributed by atoms with van der Waals surface area (Å²) in [6.45, 7) is 0.893. The predicted molar refractivity (Wildman–Crippen MR) is 115 cm³/mol. The smallest absolute Gasteiger partial charge is 0.273 e. The summed E-state index contributed by atoms with van der Waals surface area (Å²) in [5, 5.41) is 9.47. The van der Waals surface area contributed by atoms with Crippen LogP contribution in [0.3, 0.4) is 0 Å². The van der Waals surface area contributed by atoms with E-state index in [1.54, 1.807) is 6.07 Å². The molecule has 3 aromatic rings. The zero-order valence-corrected chi connectivity index (χ0v) is 17.4. The van der Waals surface area contributed by atoms with Gasteiger partial charge < -0.3 is 24.6 Å². The summed E-state index contributed by atoms with van der Waals surface area (Å²) in [4.78, 5) is 25.0. The van der Waals surface area contributed by atoms with E-state index >= 15 is 0 Å². The van der Waals surface area contributed by atoms with E-state index in [0.29, 0.717) is 30.6 Å². The molecule has 1 aliphatic heterocycles. The van der Waals surface area contributed by atoms with E-state index in [4.69, 9.17) is 14.0 Å². The second kappa shape index (κ2) is 8.74. The summed E-state index contributed by atoms with van der Waals surface area (Å²) in [5.74, 6) is 1.55. The third-order valence-electron chi connectivity index (χ3n) is 5.55. The van der Waals surface area contributed by atoms with E-state index in [0.717, 1.165) is 29.7 Å². The molecule has 1 aromatic heterocycles. The summed E-state index contributed by atoms with van der Waals surface area (Å²) < 4.78 is 16.5. The normalized spacial score (nSPS) is 15.6. The van der Waals surface area contributed by atoms with Crippen LogP contribution in [0.2, 0.25) is 0 Å². The Hall–Kier alpha value is -3.81. The highest BCUT2D eigenvalue weighted by Gasteiger charge is 2.34. The highest BCUT2D eigenvalue weighted by molar-refractivity contribution is 5.95. The van der Waals surface area contributed by atoms with Crippen LogP contribution in [0.15, 0.2) is 59.1 Å². The van der Waals surface area contributed by atoms with Crippen LogP contribution in [-0.2, 0) is 4.79 Å². The van der Waals surface area contributed by atoms with Crippen LogP contribution in [0.5, 0.6) is 11.5 Å². The Morgan fingerprint density at radius 3 is 2.56 bits per heavy atom. The highest BCUT2D eigenvalue weighted by Crippen LogP contribution is 2.43. The number of nitrogens with one attached hydrogen (secondary N) is 2. The SMILES string of the molecule is O=C(CNC(=O)c1cc(-c2ccccc2)on1)NC(c1ccc2c(c1)OCCO2)C1CC1. The van der Waals surface area contributed by atoms with Crippen molar-refractivity contribution in [1.82, 2.24) is 15.8 Å². The number of hydrogen-bond acceptors (Lipinski definition) is 6. The van der Waals surface area contributed by atoms with Gasteiger partial charge in [-0.3, -0.25) is 9.59 Å². The number of benzene rings is 2. The molecule has 5 rings (SSSR count). The van der Waals surface area contributed by atoms with Gasteiger partial charge in [-0.25, -0.2) is 0 Å². The van der Waals surface area contributed by atoms with E-state index in [1.807, 2.05) is 48.5 Å². The Bertz CT molecular complexity index is 1120. The standard InChI is InChI=1S/C24H23N3O5/c28-22(14-25-24(29)18-13-20(32-27-18)15-4-2-1-3-5-15)26-23(16-6-7-16)17-8-9-19-21(12-17)31-11-10-30-19/h1-5,8-9,12-13,16,23H,6-7,10-11,14H2,(H,25,29)(H,26,28). The molecule has 0 saturated heterocycles. The first kappa shape index (κ1) is 20.1.